The van der Waals surface area contributed by atoms with E-state index >= 15 is 0 Å². The lowest BCUT2D eigenvalue weighted by molar-refractivity contribution is 0.700. The summed E-state index contributed by atoms with van der Waals surface area (Å²) in [6.07, 6.45) is 4.43. The lowest BCUT2D eigenvalue weighted by atomic mass is 9.97. The maximum Gasteiger partial charge on any atom is 0.259 e. The smallest absolute Gasteiger partial charge is 0.259 e. The molecule has 3 heterocycles. The minimum Gasteiger partial charge on any atom is -0.333 e. The van der Waals surface area contributed by atoms with E-state index in [1.807, 2.05) is 18.2 Å². The molecule has 132 valence electrons. The minimum absolute atomic E-state index is 0.0126. The highest BCUT2D eigenvalue weighted by Gasteiger charge is 2.19. The van der Waals surface area contributed by atoms with E-state index < -0.39 is 0 Å². The Kier molecular flexibility index (Phi) is 4.03. The quantitative estimate of drug-likeness (QED) is 0.487. The fraction of sp³-hybridized carbons (Fsp3) is 0.278. The van der Waals surface area contributed by atoms with Gasteiger partial charge in [0.25, 0.3) is 5.56 Å². The number of halogens is 1. The van der Waals surface area contributed by atoms with Gasteiger partial charge in [-0.1, -0.05) is 23.4 Å². The van der Waals surface area contributed by atoms with E-state index in [0.29, 0.717) is 16.6 Å². The molecule has 3 aromatic heterocycles. The Morgan fingerprint density at radius 2 is 2.08 bits per heavy atom. The van der Waals surface area contributed by atoms with E-state index in [9.17, 15) is 4.79 Å². The van der Waals surface area contributed by atoms with Crippen molar-refractivity contribution >= 4 is 55.9 Å². The number of thiophene rings is 1. The third-order valence-corrected chi connectivity index (χ3v) is 6.95. The lowest BCUT2D eigenvalue weighted by Crippen LogP contribution is -2.12. The lowest BCUT2D eigenvalue weighted by Gasteiger charge is -2.09. The normalized spacial score (nSPS) is 14.2. The van der Waals surface area contributed by atoms with E-state index in [0.717, 1.165) is 45.7 Å². The summed E-state index contributed by atoms with van der Waals surface area (Å²) < 4.78 is 0. The molecular weight excluding hydrogens is 388 g/mol. The molecule has 0 atom stereocenters. The highest BCUT2D eigenvalue weighted by Crippen LogP contribution is 2.34. The number of aryl methyl sites for hydroxylation is 2. The molecule has 0 saturated heterocycles. The molecule has 0 amide bonds. The second-order valence-electron chi connectivity index (χ2n) is 6.40. The van der Waals surface area contributed by atoms with Crippen LogP contribution in [-0.2, 0) is 18.6 Å². The molecule has 0 fully saturated rings. The zero-order chi connectivity index (χ0) is 17.7. The average Bonchev–Trinajstić information content (AvgIpc) is 3.20. The Hall–Kier alpha value is -1.83. The molecule has 0 saturated carbocycles. The number of hydrogen-bond donors (Lipinski definition) is 2. The summed E-state index contributed by atoms with van der Waals surface area (Å²) in [5.74, 6) is 1.24. The Bertz CT molecular complexity index is 1190. The topological polar surface area (TPSA) is 74.4 Å². The van der Waals surface area contributed by atoms with Gasteiger partial charge in [0.1, 0.15) is 10.7 Å². The third-order valence-electron chi connectivity index (χ3n) is 4.64. The van der Waals surface area contributed by atoms with Gasteiger partial charge in [0.05, 0.1) is 22.2 Å². The fourth-order valence-corrected chi connectivity index (χ4v) is 5.65. The largest absolute Gasteiger partial charge is 0.333 e. The van der Waals surface area contributed by atoms with Crippen LogP contribution in [0, 0.1) is 0 Å². The molecule has 26 heavy (non-hydrogen) atoms. The fourth-order valence-electron chi connectivity index (χ4n) is 3.44. The van der Waals surface area contributed by atoms with Crippen molar-refractivity contribution in [2.45, 2.75) is 36.6 Å². The number of hydrogen-bond acceptors (Lipinski definition) is 5. The predicted molar refractivity (Wildman–Crippen MR) is 108 cm³/mol. The molecule has 0 spiro atoms. The number of nitrogens with zero attached hydrogens (tertiary/aromatic N) is 2. The van der Waals surface area contributed by atoms with Crippen LogP contribution in [0.2, 0.25) is 5.02 Å². The number of nitrogens with one attached hydrogen (secondary N) is 2. The first kappa shape index (κ1) is 16.4. The van der Waals surface area contributed by atoms with Crippen LogP contribution in [0.1, 0.15) is 29.1 Å². The van der Waals surface area contributed by atoms with E-state index in [1.54, 1.807) is 11.3 Å². The van der Waals surface area contributed by atoms with Crippen LogP contribution in [0.5, 0.6) is 0 Å². The second kappa shape index (κ2) is 6.40. The number of thioether (sulfide) groups is 1. The number of aromatic nitrogens is 4. The van der Waals surface area contributed by atoms with Gasteiger partial charge in [0.2, 0.25) is 0 Å². The second-order valence-corrected chi connectivity index (χ2v) is 8.88. The maximum absolute atomic E-state index is 12.6. The Morgan fingerprint density at radius 3 is 3.00 bits per heavy atom. The SMILES string of the molecule is O=c1[nH]c(CSc2nc3ccc(Cl)cc3[nH]2)nc2sc3c(c12)CCCC3. The van der Waals surface area contributed by atoms with Gasteiger partial charge in [0, 0.05) is 9.90 Å². The molecule has 0 radical (unpaired) electrons. The van der Waals surface area contributed by atoms with Gasteiger partial charge in [-0.3, -0.25) is 4.79 Å². The molecule has 1 aliphatic rings. The molecular formula is C18H15ClN4OS2. The summed E-state index contributed by atoms with van der Waals surface area (Å²) in [6.45, 7) is 0. The Balaban J connectivity index is 1.44. The van der Waals surface area contributed by atoms with Crippen LogP contribution in [0.4, 0.5) is 0 Å². The van der Waals surface area contributed by atoms with Gasteiger partial charge in [-0.2, -0.15) is 0 Å². The monoisotopic (exact) mass is 402 g/mol. The number of imidazole rings is 1. The number of H-pyrrole nitrogens is 2. The summed E-state index contributed by atoms with van der Waals surface area (Å²) in [4.78, 5) is 30.2. The molecule has 5 rings (SSSR count). The predicted octanol–water partition coefficient (Wildman–Crippen LogP) is 4.69. The summed E-state index contributed by atoms with van der Waals surface area (Å²) >= 11 is 9.21. The maximum atomic E-state index is 12.6. The molecule has 4 aromatic rings. The summed E-state index contributed by atoms with van der Waals surface area (Å²) in [5.41, 5.74) is 2.99. The molecule has 0 aliphatic heterocycles. The molecule has 0 bridgehead atoms. The minimum atomic E-state index is -0.0126. The van der Waals surface area contributed by atoms with E-state index in [-0.39, 0.29) is 5.56 Å². The van der Waals surface area contributed by atoms with Crippen molar-refractivity contribution in [2.75, 3.05) is 0 Å². The summed E-state index contributed by atoms with van der Waals surface area (Å²) in [6, 6.07) is 5.57. The van der Waals surface area contributed by atoms with E-state index in [1.165, 1.54) is 28.6 Å². The Labute approximate surface area is 162 Å². The van der Waals surface area contributed by atoms with Crippen molar-refractivity contribution in [3.63, 3.8) is 0 Å². The number of aromatic amines is 2. The molecule has 1 aliphatic carbocycles. The standard InChI is InChI=1S/C18H15ClN4OS2/c19-9-5-6-11-12(7-9)21-18(20-11)25-8-14-22-16(24)15-10-3-1-2-4-13(10)26-17(15)23-14/h5-7H,1-4,8H2,(H,20,21)(H,22,23,24). The Morgan fingerprint density at radius 1 is 1.19 bits per heavy atom. The zero-order valence-corrected chi connectivity index (χ0v) is 16.2. The van der Waals surface area contributed by atoms with Crippen molar-refractivity contribution in [1.82, 2.24) is 19.9 Å². The van der Waals surface area contributed by atoms with Gasteiger partial charge in [-0.15, -0.1) is 11.3 Å². The summed E-state index contributed by atoms with van der Waals surface area (Å²) in [7, 11) is 0. The number of fused-ring (bicyclic) bond motifs is 4. The number of benzene rings is 1. The van der Waals surface area contributed by atoms with Gasteiger partial charge in [-0.25, -0.2) is 9.97 Å². The van der Waals surface area contributed by atoms with Crippen LogP contribution >= 0.6 is 34.7 Å². The highest BCUT2D eigenvalue weighted by molar-refractivity contribution is 7.98. The molecule has 1 aromatic carbocycles. The highest BCUT2D eigenvalue weighted by atomic mass is 35.5. The molecule has 0 unspecified atom stereocenters. The van der Waals surface area contributed by atoms with Crippen molar-refractivity contribution in [3.8, 4) is 0 Å². The first-order chi connectivity index (χ1) is 12.7. The van der Waals surface area contributed by atoms with E-state index in [2.05, 4.69) is 15.0 Å². The first-order valence-corrected chi connectivity index (χ1v) is 10.7. The van der Waals surface area contributed by atoms with Crippen molar-refractivity contribution < 1.29 is 0 Å². The first-order valence-electron chi connectivity index (χ1n) is 8.49. The van der Waals surface area contributed by atoms with Crippen LogP contribution < -0.4 is 5.56 Å². The van der Waals surface area contributed by atoms with Crippen molar-refractivity contribution in [3.05, 3.63) is 49.8 Å². The summed E-state index contributed by atoms with van der Waals surface area (Å²) in [5, 5.41) is 2.27. The van der Waals surface area contributed by atoms with Gasteiger partial charge in [0.15, 0.2) is 5.16 Å². The average molecular weight is 403 g/mol. The molecule has 8 heteroatoms. The van der Waals surface area contributed by atoms with Gasteiger partial charge < -0.3 is 9.97 Å². The third kappa shape index (κ3) is 2.84. The van der Waals surface area contributed by atoms with Gasteiger partial charge in [-0.05, 0) is 49.4 Å². The number of rotatable bonds is 3. The molecule has 2 N–H and O–H groups in total. The zero-order valence-electron chi connectivity index (χ0n) is 13.8. The van der Waals surface area contributed by atoms with Crippen LogP contribution in [-0.4, -0.2) is 19.9 Å². The molecule has 5 nitrogen and oxygen atoms in total. The van der Waals surface area contributed by atoms with Crippen molar-refractivity contribution in [1.29, 1.82) is 0 Å². The van der Waals surface area contributed by atoms with Crippen LogP contribution in [0.25, 0.3) is 21.3 Å². The van der Waals surface area contributed by atoms with Crippen LogP contribution in [0.3, 0.4) is 0 Å². The van der Waals surface area contributed by atoms with Crippen molar-refractivity contribution in [2.24, 2.45) is 0 Å². The van der Waals surface area contributed by atoms with Gasteiger partial charge >= 0.3 is 0 Å². The van der Waals surface area contributed by atoms with E-state index in [4.69, 9.17) is 16.6 Å². The van der Waals surface area contributed by atoms with Crippen LogP contribution in [0.15, 0.2) is 28.2 Å².